The molecule has 0 N–H and O–H groups in total. The van der Waals surface area contributed by atoms with Crippen molar-refractivity contribution in [3.63, 3.8) is 0 Å². The molecule has 1 heteroatoms. The standard InChI is InChI=1S/C12H27N/c1-5-12(2)10-8-6-7-9-11-13(3)4/h12H,5-11H2,1-4H3/t12-/m1/s1. The Hall–Kier alpha value is -0.0400. The molecule has 0 unspecified atom stereocenters. The van der Waals surface area contributed by atoms with E-state index in [-0.39, 0.29) is 0 Å². The first-order valence-electron chi connectivity index (χ1n) is 5.81. The second-order valence-electron chi connectivity index (χ2n) is 4.52. The van der Waals surface area contributed by atoms with Crippen LogP contribution in [0.4, 0.5) is 0 Å². The quantitative estimate of drug-likeness (QED) is 0.523. The summed E-state index contributed by atoms with van der Waals surface area (Å²) in [7, 11) is 4.30. The first-order chi connectivity index (χ1) is 6.16. The highest BCUT2D eigenvalue weighted by Crippen LogP contribution is 2.12. The highest BCUT2D eigenvalue weighted by atomic mass is 15.0. The van der Waals surface area contributed by atoms with Gasteiger partial charge >= 0.3 is 0 Å². The minimum absolute atomic E-state index is 0.939. The van der Waals surface area contributed by atoms with Crippen LogP contribution < -0.4 is 0 Å². The monoisotopic (exact) mass is 185 g/mol. The van der Waals surface area contributed by atoms with Crippen LogP contribution in [0.15, 0.2) is 0 Å². The van der Waals surface area contributed by atoms with Crippen LogP contribution in [0, 0.1) is 5.92 Å². The van der Waals surface area contributed by atoms with Crippen molar-refractivity contribution in [2.75, 3.05) is 20.6 Å². The van der Waals surface area contributed by atoms with Crippen molar-refractivity contribution in [2.24, 2.45) is 5.92 Å². The summed E-state index contributed by atoms with van der Waals surface area (Å²) in [6.45, 7) is 5.90. The van der Waals surface area contributed by atoms with Crippen molar-refractivity contribution < 1.29 is 0 Å². The van der Waals surface area contributed by atoms with Crippen LogP contribution in [0.3, 0.4) is 0 Å². The lowest BCUT2D eigenvalue weighted by Gasteiger charge is -2.10. The molecule has 80 valence electrons. The van der Waals surface area contributed by atoms with E-state index in [2.05, 4.69) is 32.8 Å². The summed E-state index contributed by atoms with van der Waals surface area (Å²) in [6.07, 6.45) is 8.42. The molecule has 0 amide bonds. The Balaban J connectivity index is 2.99. The average molecular weight is 185 g/mol. The maximum atomic E-state index is 2.36. The molecule has 0 aliphatic carbocycles. The van der Waals surface area contributed by atoms with Gasteiger partial charge in [-0.1, -0.05) is 46.0 Å². The number of hydrogen-bond acceptors (Lipinski definition) is 1. The Bertz CT molecular complexity index is 99.3. The number of rotatable bonds is 8. The lowest BCUT2D eigenvalue weighted by molar-refractivity contribution is 0.386. The number of unbranched alkanes of at least 4 members (excludes halogenated alkanes) is 3. The zero-order valence-corrected chi connectivity index (χ0v) is 9.97. The Morgan fingerprint density at radius 2 is 1.62 bits per heavy atom. The second-order valence-corrected chi connectivity index (χ2v) is 4.52. The summed E-state index contributed by atoms with van der Waals surface area (Å²) in [6, 6.07) is 0. The molecule has 13 heavy (non-hydrogen) atoms. The van der Waals surface area contributed by atoms with Crippen LogP contribution in [0.2, 0.25) is 0 Å². The summed E-state index contributed by atoms with van der Waals surface area (Å²) >= 11 is 0. The molecule has 0 radical (unpaired) electrons. The van der Waals surface area contributed by atoms with Gasteiger partial charge in [0.15, 0.2) is 0 Å². The van der Waals surface area contributed by atoms with E-state index < -0.39 is 0 Å². The molecule has 0 heterocycles. The molecule has 0 aliphatic heterocycles. The molecule has 0 bridgehead atoms. The zero-order valence-electron chi connectivity index (χ0n) is 9.97. The van der Waals surface area contributed by atoms with Crippen molar-refractivity contribution in [1.82, 2.24) is 4.90 Å². The maximum Gasteiger partial charge on any atom is -0.00248 e. The molecule has 0 saturated heterocycles. The van der Waals surface area contributed by atoms with E-state index in [1.165, 1.54) is 45.1 Å². The highest BCUT2D eigenvalue weighted by molar-refractivity contribution is 4.52. The van der Waals surface area contributed by atoms with Gasteiger partial charge in [0.05, 0.1) is 0 Å². The third kappa shape index (κ3) is 9.88. The molecule has 1 atom stereocenters. The van der Waals surface area contributed by atoms with Gasteiger partial charge in [0, 0.05) is 0 Å². The molecule has 0 aliphatic rings. The predicted octanol–water partition coefficient (Wildman–Crippen LogP) is 3.54. The van der Waals surface area contributed by atoms with Crippen LogP contribution in [0.5, 0.6) is 0 Å². The van der Waals surface area contributed by atoms with Gasteiger partial charge in [-0.15, -0.1) is 0 Å². The fraction of sp³-hybridized carbons (Fsp3) is 1.00. The molecule has 0 saturated carbocycles. The van der Waals surface area contributed by atoms with E-state index in [4.69, 9.17) is 0 Å². The van der Waals surface area contributed by atoms with Crippen molar-refractivity contribution in [3.8, 4) is 0 Å². The van der Waals surface area contributed by atoms with Gasteiger partial charge < -0.3 is 4.90 Å². The summed E-state index contributed by atoms with van der Waals surface area (Å²) in [5.74, 6) is 0.939. The van der Waals surface area contributed by atoms with E-state index in [0.29, 0.717) is 0 Å². The third-order valence-corrected chi connectivity index (χ3v) is 2.75. The van der Waals surface area contributed by atoms with E-state index >= 15 is 0 Å². The second kappa shape index (κ2) is 8.55. The molecule has 0 spiro atoms. The van der Waals surface area contributed by atoms with Crippen LogP contribution in [0.1, 0.15) is 52.4 Å². The maximum absolute atomic E-state index is 2.36. The Labute approximate surface area is 84.5 Å². The summed E-state index contributed by atoms with van der Waals surface area (Å²) in [5, 5.41) is 0. The molecular weight excluding hydrogens is 158 g/mol. The van der Waals surface area contributed by atoms with Gasteiger partial charge in [0.1, 0.15) is 0 Å². The van der Waals surface area contributed by atoms with Crippen LogP contribution in [-0.4, -0.2) is 25.5 Å². The van der Waals surface area contributed by atoms with E-state index in [1.807, 2.05) is 0 Å². The van der Waals surface area contributed by atoms with Crippen LogP contribution in [0.25, 0.3) is 0 Å². The number of hydrogen-bond donors (Lipinski definition) is 0. The van der Waals surface area contributed by atoms with Crippen molar-refractivity contribution >= 4 is 0 Å². The van der Waals surface area contributed by atoms with Gasteiger partial charge in [-0.05, 0) is 33.0 Å². The number of nitrogens with zero attached hydrogens (tertiary/aromatic N) is 1. The topological polar surface area (TPSA) is 3.24 Å². The molecule has 0 aromatic heterocycles. The third-order valence-electron chi connectivity index (χ3n) is 2.75. The van der Waals surface area contributed by atoms with E-state index in [0.717, 1.165) is 5.92 Å². The fourth-order valence-electron chi connectivity index (χ4n) is 1.48. The highest BCUT2D eigenvalue weighted by Gasteiger charge is 1.98. The molecule has 0 aromatic rings. The lowest BCUT2D eigenvalue weighted by Crippen LogP contribution is -2.12. The normalized spacial score (nSPS) is 13.6. The average Bonchev–Trinajstić information content (AvgIpc) is 2.10. The minimum atomic E-state index is 0.939. The molecule has 0 fully saturated rings. The van der Waals surface area contributed by atoms with Crippen molar-refractivity contribution in [3.05, 3.63) is 0 Å². The Kier molecular flexibility index (Phi) is 8.53. The predicted molar refractivity (Wildman–Crippen MR) is 61.1 cm³/mol. The largest absolute Gasteiger partial charge is 0.309 e. The van der Waals surface area contributed by atoms with Crippen molar-refractivity contribution in [1.29, 1.82) is 0 Å². The van der Waals surface area contributed by atoms with Gasteiger partial charge in [-0.2, -0.15) is 0 Å². The van der Waals surface area contributed by atoms with Crippen LogP contribution in [-0.2, 0) is 0 Å². The van der Waals surface area contributed by atoms with Gasteiger partial charge in [-0.25, -0.2) is 0 Å². The minimum Gasteiger partial charge on any atom is -0.309 e. The summed E-state index contributed by atoms with van der Waals surface area (Å²) in [5.41, 5.74) is 0. The molecular formula is C12H27N. The summed E-state index contributed by atoms with van der Waals surface area (Å²) < 4.78 is 0. The zero-order chi connectivity index (χ0) is 10.1. The first-order valence-corrected chi connectivity index (χ1v) is 5.81. The molecule has 1 nitrogen and oxygen atoms in total. The van der Waals surface area contributed by atoms with E-state index in [1.54, 1.807) is 0 Å². The Morgan fingerprint density at radius 3 is 2.15 bits per heavy atom. The molecule has 0 aromatic carbocycles. The Morgan fingerprint density at radius 1 is 1.00 bits per heavy atom. The molecule has 0 rings (SSSR count). The SMILES string of the molecule is CC[C@@H](C)CCCCCCN(C)C. The first kappa shape index (κ1) is 13.0. The van der Waals surface area contributed by atoms with Gasteiger partial charge in [0.2, 0.25) is 0 Å². The van der Waals surface area contributed by atoms with Crippen LogP contribution >= 0.6 is 0 Å². The summed E-state index contributed by atoms with van der Waals surface area (Å²) in [4.78, 5) is 2.27. The van der Waals surface area contributed by atoms with Gasteiger partial charge in [-0.3, -0.25) is 0 Å². The van der Waals surface area contributed by atoms with E-state index in [9.17, 15) is 0 Å². The van der Waals surface area contributed by atoms with Gasteiger partial charge in [0.25, 0.3) is 0 Å². The fourth-order valence-corrected chi connectivity index (χ4v) is 1.48. The van der Waals surface area contributed by atoms with Crippen molar-refractivity contribution in [2.45, 2.75) is 52.4 Å². The smallest absolute Gasteiger partial charge is 0.00248 e. The lowest BCUT2D eigenvalue weighted by atomic mass is 10.0.